The Morgan fingerprint density at radius 1 is 1.00 bits per heavy atom. The van der Waals surface area contributed by atoms with E-state index in [1.807, 2.05) is 13.1 Å². The molecule has 0 saturated heterocycles. The molecule has 2 aromatic carbocycles. The Bertz CT molecular complexity index is 700. The van der Waals surface area contributed by atoms with Gasteiger partial charge in [-0.3, -0.25) is 0 Å². The first-order valence-corrected chi connectivity index (χ1v) is 8.35. The monoisotopic (exact) mass is 324 g/mol. The van der Waals surface area contributed by atoms with Gasteiger partial charge in [-0.25, -0.2) is 13.1 Å². The highest BCUT2D eigenvalue weighted by Gasteiger charge is 2.14. The SMILES string of the molecule is CNCc1ccc(S(=O)(=O)NCc2ccccc2Cl)cc1. The Balaban J connectivity index is 2.09. The lowest BCUT2D eigenvalue weighted by molar-refractivity contribution is 0.581. The Hall–Kier alpha value is -1.40. The molecule has 112 valence electrons. The molecule has 0 fully saturated rings. The zero-order valence-electron chi connectivity index (χ0n) is 11.6. The van der Waals surface area contributed by atoms with Gasteiger partial charge in [-0.1, -0.05) is 41.9 Å². The summed E-state index contributed by atoms with van der Waals surface area (Å²) < 4.78 is 27.0. The minimum absolute atomic E-state index is 0.167. The predicted molar refractivity (Wildman–Crippen MR) is 84.7 cm³/mol. The lowest BCUT2D eigenvalue weighted by atomic mass is 10.2. The molecular weight excluding hydrogens is 308 g/mol. The van der Waals surface area contributed by atoms with Crippen molar-refractivity contribution in [2.75, 3.05) is 7.05 Å². The Morgan fingerprint density at radius 3 is 2.29 bits per heavy atom. The van der Waals surface area contributed by atoms with Crippen LogP contribution < -0.4 is 10.0 Å². The van der Waals surface area contributed by atoms with Crippen molar-refractivity contribution in [2.45, 2.75) is 18.0 Å². The van der Waals surface area contributed by atoms with Crippen LogP contribution in [0.3, 0.4) is 0 Å². The Kier molecular flexibility index (Phi) is 5.36. The largest absolute Gasteiger partial charge is 0.316 e. The molecule has 2 rings (SSSR count). The lowest BCUT2D eigenvalue weighted by Gasteiger charge is -2.09. The molecule has 0 aromatic heterocycles. The Morgan fingerprint density at radius 2 is 1.67 bits per heavy atom. The first-order valence-electron chi connectivity index (χ1n) is 6.49. The molecule has 0 atom stereocenters. The molecule has 0 spiro atoms. The van der Waals surface area contributed by atoms with Crippen molar-refractivity contribution < 1.29 is 8.42 Å². The second kappa shape index (κ2) is 7.04. The number of rotatable bonds is 6. The second-order valence-corrected chi connectivity index (χ2v) is 6.76. The molecular formula is C15H17ClN2O2S. The van der Waals surface area contributed by atoms with Crippen LogP contribution in [0.2, 0.25) is 5.02 Å². The van der Waals surface area contributed by atoms with E-state index in [4.69, 9.17) is 11.6 Å². The van der Waals surface area contributed by atoms with E-state index in [9.17, 15) is 8.42 Å². The van der Waals surface area contributed by atoms with Crippen molar-refractivity contribution in [3.63, 3.8) is 0 Å². The molecule has 0 aliphatic carbocycles. The van der Waals surface area contributed by atoms with Crippen LogP contribution in [0.25, 0.3) is 0 Å². The Labute approximate surface area is 130 Å². The van der Waals surface area contributed by atoms with Gasteiger partial charge in [-0.15, -0.1) is 0 Å². The molecule has 21 heavy (non-hydrogen) atoms. The van der Waals surface area contributed by atoms with Crippen LogP contribution in [0, 0.1) is 0 Å². The zero-order chi connectivity index (χ0) is 15.3. The summed E-state index contributed by atoms with van der Waals surface area (Å²) >= 11 is 6.01. The van der Waals surface area contributed by atoms with Crippen molar-refractivity contribution in [1.29, 1.82) is 0 Å². The first-order chi connectivity index (χ1) is 10.0. The molecule has 4 nitrogen and oxygen atoms in total. The fourth-order valence-electron chi connectivity index (χ4n) is 1.89. The predicted octanol–water partition coefficient (Wildman–Crippen LogP) is 2.54. The minimum Gasteiger partial charge on any atom is -0.316 e. The summed E-state index contributed by atoms with van der Waals surface area (Å²) in [6.45, 7) is 0.869. The van der Waals surface area contributed by atoms with E-state index in [1.165, 1.54) is 0 Å². The van der Waals surface area contributed by atoms with Crippen molar-refractivity contribution in [1.82, 2.24) is 10.0 Å². The quantitative estimate of drug-likeness (QED) is 0.858. The van der Waals surface area contributed by atoms with Gasteiger partial charge >= 0.3 is 0 Å². The zero-order valence-corrected chi connectivity index (χ0v) is 13.2. The first kappa shape index (κ1) is 16.0. The molecule has 0 amide bonds. The summed E-state index contributed by atoms with van der Waals surface area (Å²) in [5.41, 5.74) is 1.78. The summed E-state index contributed by atoms with van der Waals surface area (Å²) in [6, 6.07) is 13.9. The highest BCUT2D eigenvalue weighted by Crippen LogP contribution is 2.16. The number of hydrogen-bond donors (Lipinski definition) is 2. The van der Waals surface area contributed by atoms with E-state index in [2.05, 4.69) is 10.0 Å². The van der Waals surface area contributed by atoms with Crippen LogP contribution in [0.15, 0.2) is 53.4 Å². The maximum atomic E-state index is 12.2. The van der Waals surface area contributed by atoms with Gasteiger partial charge in [0.15, 0.2) is 0 Å². The summed E-state index contributed by atoms with van der Waals surface area (Å²) in [6.07, 6.45) is 0. The van der Waals surface area contributed by atoms with E-state index in [1.54, 1.807) is 42.5 Å². The van der Waals surface area contributed by atoms with Gasteiger partial charge in [0.25, 0.3) is 0 Å². The van der Waals surface area contributed by atoms with Gasteiger partial charge in [0.05, 0.1) is 4.90 Å². The van der Waals surface area contributed by atoms with Gasteiger partial charge in [0, 0.05) is 18.1 Å². The van der Waals surface area contributed by atoms with E-state index < -0.39 is 10.0 Å². The molecule has 2 aromatic rings. The van der Waals surface area contributed by atoms with Gasteiger partial charge in [0.2, 0.25) is 10.0 Å². The van der Waals surface area contributed by atoms with Crippen LogP contribution in [-0.4, -0.2) is 15.5 Å². The highest BCUT2D eigenvalue weighted by molar-refractivity contribution is 7.89. The van der Waals surface area contributed by atoms with Crippen LogP contribution in [0.5, 0.6) is 0 Å². The summed E-state index contributed by atoms with van der Waals surface area (Å²) in [7, 11) is -1.69. The van der Waals surface area contributed by atoms with E-state index >= 15 is 0 Å². The van der Waals surface area contributed by atoms with Crippen molar-refractivity contribution in [2.24, 2.45) is 0 Å². The highest BCUT2D eigenvalue weighted by atomic mass is 35.5. The molecule has 0 unspecified atom stereocenters. The molecule has 2 N–H and O–H groups in total. The summed E-state index contributed by atoms with van der Waals surface area (Å²) in [5, 5.41) is 3.56. The molecule has 0 saturated carbocycles. The molecule has 0 aliphatic rings. The van der Waals surface area contributed by atoms with E-state index in [0.717, 1.165) is 11.1 Å². The van der Waals surface area contributed by atoms with Crippen LogP contribution >= 0.6 is 11.6 Å². The molecule has 6 heteroatoms. The van der Waals surface area contributed by atoms with E-state index in [0.29, 0.717) is 11.6 Å². The summed E-state index contributed by atoms with van der Waals surface area (Å²) in [4.78, 5) is 0.245. The molecule has 0 bridgehead atoms. The third-order valence-corrected chi connectivity index (χ3v) is 4.81. The maximum absolute atomic E-state index is 12.2. The third kappa shape index (κ3) is 4.28. The average Bonchev–Trinajstić information content (AvgIpc) is 2.47. The normalized spacial score (nSPS) is 11.5. The van der Waals surface area contributed by atoms with Gasteiger partial charge in [-0.05, 0) is 36.4 Å². The standard InChI is InChI=1S/C15H17ClN2O2S/c1-17-10-12-6-8-14(9-7-12)21(19,20)18-11-13-4-2-3-5-15(13)16/h2-9,17-18H,10-11H2,1H3. The molecule has 0 heterocycles. The fourth-order valence-corrected chi connectivity index (χ4v) is 3.10. The fraction of sp³-hybridized carbons (Fsp3) is 0.200. The number of benzene rings is 2. The number of hydrogen-bond acceptors (Lipinski definition) is 3. The average molecular weight is 325 g/mol. The van der Waals surface area contributed by atoms with Crippen molar-refractivity contribution in [3.8, 4) is 0 Å². The number of halogens is 1. The van der Waals surface area contributed by atoms with Crippen molar-refractivity contribution >= 4 is 21.6 Å². The lowest BCUT2D eigenvalue weighted by Crippen LogP contribution is -2.23. The smallest absolute Gasteiger partial charge is 0.240 e. The van der Waals surface area contributed by atoms with Crippen LogP contribution in [0.4, 0.5) is 0 Å². The molecule has 0 aliphatic heterocycles. The summed E-state index contributed by atoms with van der Waals surface area (Å²) in [5.74, 6) is 0. The van der Waals surface area contributed by atoms with Gasteiger partial charge < -0.3 is 5.32 Å². The van der Waals surface area contributed by atoms with Crippen molar-refractivity contribution in [3.05, 3.63) is 64.7 Å². The van der Waals surface area contributed by atoms with Crippen LogP contribution in [-0.2, 0) is 23.1 Å². The van der Waals surface area contributed by atoms with Crippen LogP contribution in [0.1, 0.15) is 11.1 Å². The van der Waals surface area contributed by atoms with Gasteiger partial charge in [-0.2, -0.15) is 0 Å². The second-order valence-electron chi connectivity index (χ2n) is 4.59. The minimum atomic E-state index is -3.54. The number of nitrogens with one attached hydrogen (secondary N) is 2. The number of sulfonamides is 1. The van der Waals surface area contributed by atoms with E-state index in [-0.39, 0.29) is 11.4 Å². The topological polar surface area (TPSA) is 58.2 Å². The molecule has 0 radical (unpaired) electrons. The third-order valence-electron chi connectivity index (χ3n) is 3.03. The van der Waals surface area contributed by atoms with Gasteiger partial charge in [0.1, 0.15) is 0 Å². The maximum Gasteiger partial charge on any atom is 0.240 e.